The molecule has 1 aliphatic rings. The zero-order valence-electron chi connectivity index (χ0n) is 12.4. The summed E-state index contributed by atoms with van der Waals surface area (Å²) in [6, 6.07) is 0.0815. The molecule has 1 aromatic heterocycles. The second kappa shape index (κ2) is 6.24. The molecule has 2 heterocycles. The van der Waals surface area contributed by atoms with Crippen molar-refractivity contribution in [2.75, 3.05) is 6.54 Å². The number of rotatable bonds is 5. The Morgan fingerprint density at radius 2 is 2.05 bits per heavy atom. The van der Waals surface area contributed by atoms with Crippen LogP contribution in [0.15, 0.2) is 11.2 Å². The normalized spacial score (nSPS) is 24.9. The SMILES string of the molecule is CCNCc1cn[nH]c1S(=O)(=O)N1C(C)CCCC1C. The van der Waals surface area contributed by atoms with E-state index in [4.69, 9.17) is 0 Å². The van der Waals surface area contributed by atoms with Gasteiger partial charge in [-0.1, -0.05) is 13.3 Å². The van der Waals surface area contributed by atoms with Gasteiger partial charge in [-0.25, -0.2) is 8.42 Å². The number of piperidine rings is 1. The van der Waals surface area contributed by atoms with Crippen LogP contribution in [0.2, 0.25) is 0 Å². The maximum absolute atomic E-state index is 12.9. The fraction of sp³-hybridized carbons (Fsp3) is 0.769. The molecule has 2 atom stereocenters. The van der Waals surface area contributed by atoms with Crippen LogP contribution in [0.4, 0.5) is 0 Å². The van der Waals surface area contributed by atoms with E-state index in [1.807, 2.05) is 20.8 Å². The zero-order chi connectivity index (χ0) is 14.8. The molecule has 0 radical (unpaired) electrons. The van der Waals surface area contributed by atoms with Crippen molar-refractivity contribution in [3.63, 3.8) is 0 Å². The van der Waals surface area contributed by atoms with Crippen LogP contribution in [0.1, 0.15) is 45.6 Å². The Balaban J connectivity index is 2.32. The van der Waals surface area contributed by atoms with E-state index in [-0.39, 0.29) is 17.1 Å². The highest BCUT2D eigenvalue weighted by atomic mass is 32.2. The highest BCUT2D eigenvalue weighted by molar-refractivity contribution is 7.89. The number of hydrogen-bond donors (Lipinski definition) is 2. The van der Waals surface area contributed by atoms with Crippen molar-refractivity contribution >= 4 is 10.0 Å². The molecule has 6 nitrogen and oxygen atoms in total. The molecule has 1 saturated heterocycles. The number of H-pyrrole nitrogens is 1. The van der Waals surface area contributed by atoms with Crippen LogP contribution in [0, 0.1) is 0 Å². The van der Waals surface area contributed by atoms with Crippen LogP contribution < -0.4 is 5.32 Å². The second-order valence-corrected chi connectivity index (χ2v) is 7.25. The van der Waals surface area contributed by atoms with Crippen molar-refractivity contribution in [2.24, 2.45) is 0 Å². The summed E-state index contributed by atoms with van der Waals surface area (Å²) in [5, 5.41) is 9.97. The van der Waals surface area contributed by atoms with Crippen LogP contribution in [0.25, 0.3) is 0 Å². The fourth-order valence-corrected chi connectivity index (χ4v) is 4.88. The lowest BCUT2D eigenvalue weighted by Gasteiger charge is -2.37. The van der Waals surface area contributed by atoms with Crippen molar-refractivity contribution in [1.82, 2.24) is 19.8 Å². The van der Waals surface area contributed by atoms with Gasteiger partial charge in [0.2, 0.25) is 0 Å². The van der Waals surface area contributed by atoms with E-state index in [1.54, 1.807) is 10.5 Å². The quantitative estimate of drug-likeness (QED) is 0.863. The summed E-state index contributed by atoms with van der Waals surface area (Å²) in [7, 11) is -3.50. The summed E-state index contributed by atoms with van der Waals surface area (Å²) in [5.41, 5.74) is 0.705. The molecule has 0 saturated carbocycles. The van der Waals surface area contributed by atoms with Gasteiger partial charge < -0.3 is 5.32 Å². The summed E-state index contributed by atoms with van der Waals surface area (Å²) in [6.07, 6.45) is 4.51. The van der Waals surface area contributed by atoms with Gasteiger partial charge in [0.15, 0.2) is 5.03 Å². The van der Waals surface area contributed by atoms with Crippen molar-refractivity contribution in [2.45, 2.75) is 63.7 Å². The van der Waals surface area contributed by atoms with Gasteiger partial charge in [0.25, 0.3) is 10.0 Å². The highest BCUT2D eigenvalue weighted by Gasteiger charge is 2.37. The molecule has 0 bridgehead atoms. The molecule has 20 heavy (non-hydrogen) atoms. The molecule has 1 aromatic rings. The van der Waals surface area contributed by atoms with Crippen molar-refractivity contribution < 1.29 is 8.42 Å². The number of hydrogen-bond acceptors (Lipinski definition) is 4. The van der Waals surface area contributed by atoms with Crippen molar-refractivity contribution in [1.29, 1.82) is 0 Å². The predicted molar refractivity (Wildman–Crippen MR) is 77.8 cm³/mol. The van der Waals surface area contributed by atoms with Gasteiger partial charge in [0.05, 0.1) is 6.20 Å². The van der Waals surface area contributed by atoms with Crippen molar-refractivity contribution in [3.05, 3.63) is 11.8 Å². The lowest BCUT2D eigenvalue weighted by Crippen LogP contribution is -2.47. The average Bonchev–Trinajstić information content (AvgIpc) is 2.84. The van der Waals surface area contributed by atoms with E-state index in [0.717, 1.165) is 25.8 Å². The van der Waals surface area contributed by atoms with Crippen molar-refractivity contribution in [3.8, 4) is 0 Å². The molecule has 0 aliphatic carbocycles. The van der Waals surface area contributed by atoms with E-state index in [1.165, 1.54) is 0 Å². The first kappa shape index (κ1) is 15.5. The van der Waals surface area contributed by atoms with Crippen LogP contribution >= 0.6 is 0 Å². The van der Waals surface area contributed by atoms with Gasteiger partial charge in [0.1, 0.15) is 0 Å². The van der Waals surface area contributed by atoms with E-state index in [9.17, 15) is 8.42 Å². The smallest absolute Gasteiger partial charge is 0.260 e. The fourth-order valence-electron chi connectivity index (χ4n) is 2.88. The Labute approximate surface area is 121 Å². The van der Waals surface area contributed by atoms with Crippen LogP contribution in [0.3, 0.4) is 0 Å². The third-order valence-corrected chi connectivity index (χ3v) is 6.04. The molecule has 2 N–H and O–H groups in total. The molecule has 7 heteroatoms. The minimum Gasteiger partial charge on any atom is -0.313 e. The minimum atomic E-state index is -3.50. The van der Waals surface area contributed by atoms with E-state index >= 15 is 0 Å². The van der Waals surface area contributed by atoms with E-state index < -0.39 is 10.0 Å². The lowest BCUT2D eigenvalue weighted by atomic mass is 10.0. The molecule has 2 unspecified atom stereocenters. The number of nitrogens with zero attached hydrogens (tertiary/aromatic N) is 2. The first-order chi connectivity index (χ1) is 9.48. The Hall–Kier alpha value is -0.920. The van der Waals surface area contributed by atoms with Gasteiger partial charge in [-0.05, 0) is 33.2 Å². The summed E-state index contributed by atoms with van der Waals surface area (Å²) >= 11 is 0. The number of nitrogens with one attached hydrogen (secondary N) is 2. The molecule has 0 amide bonds. The maximum Gasteiger partial charge on any atom is 0.260 e. The third-order valence-electron chi connectivity index (χ3n) is 3.89. The van der Waals surface area contributed by atoms with E-state index in [0.29, 0.717) is 12.1 Å². The lowest BCUT2D eigenvalue weighted by molar-refractivity contribution is 0.203. The molecule has 0 spiro atoms. The molecule has 1 fully saturated rings. The number of aromatic nitrogens is 2. The summed E-state index contributed by atoms with van der Waals surface area (Å²) in [5.74, 6) is 0. The Morgan fingerprint density at radius 3 is 2.65 bits per heavy atom. The topological polar surface area (TPSA) is 78.1 Å². The van der Waals surface area contributed by atoms with Gasteiger partial charge >= 0.3 is 0 Å². The molecular weight excluding hydrogens is 276 g/mol. The van der Waals surface area contributed by atoms with Crippen LogP contribution in [-0.2, 0) is 16.6 Å². The third kappa shape index (κ3) is 2.89. The van der Waals surface area contributed by atoms with Gasteiger partial charge in [-0.3, -0.25) is 5.10 Å². The summed E-state index contributed by atoms with van der Waals surface area (Å²) in [6.45, 7) is 7.25. The number of aromatic amines is 1. The molecule has 0 aromatic carbocycles. The van der Waals surface area contributed by atoms with Gasteiger partial charge in [0, 0.05) is 24.2 Å². The largest absolute Gasteiger partial charge is 0.313 e. The highest BCUT2D eigenvalue weighted by Crippen LogP contribution is 2.29. The average molecular weight is 300 g/mol. The monoisotopic (exact) mass is 300 g/mol. The Morgan fingerprint density at radius 1 is 1.40 bits per heavy atom. The summed E-state index contributed by atoms with van der Waals surface area (Å²) in [4.78, 5) is 0. The maximum atomic E-state index is 12.9. The standard InChI is InChI=1S/C13H24N4O2S/c1-4-14-8-12-9-15-16-13(12)20(18,19)17-10(2)6-5-7-11(17)3/h9-11,14H,4-8H2,1-3H3,(H,15,16). The van der Waals surface area contributed by atoms with E-state index in [2.05, 4.69) is 15.5 Å². The molecular formula is C13H24N4O2S. The zero-order valence-corrected chi connectivity index (χ0v) is 13.2. The van der Waals surface area contributed by atoms with Crippen LogP contribution in [-0.4, -0.2) is 41.5 Å². The Kier molecular flexibility index (Phi) is 4.82. The second-order valence-electron chi connectivity index (χ2n) is 5.47. The van der Waals surface area contributed by atoms with Crippen LogP contribution in [0.5, 0.6) is 0 Å². The first-order valence-corrected chi connectivity index (χ1v) is 8.69. The van der Waals surface area contributed by atoms with Gasteiger partial charge in [-0.2, -0.15) is 9.40 Å². The molecule has 114 valence electrons. The predicted octanol–water partition coefficient (Wildman–Crippen LogP) is 1.47. The minimum absolute atomic E-state index is 0.0408. The number of sulfonamides is 1. The molecule has 1 aliphatic heterocycles. The Bertz CT molecular complexity index is 530. The first-order valence-electron chi connectivity index (χ1n) is 7.25. The summed E-state index contributed by atoms with van der Waals surface area (Å²) < 4.78 is 27.4. The molecule has 2 rings (SSSR count). The van der Waals surface area contributed by atoms with Gasteiger partial charge in [-0.15, -0.1) is 0 Å².